The highest BCUT2D eigenvalue weighted by Crippen LogP contribution is 2.25. The second kappa shape index (κ2) is 12.2. The molecule has 35 heavy (non-hydrogen) atoms. The maximum Gasteiger partial charge on any atom is 0.244 e. The number of amides is 2. The molecule has 1 saturated carbocycles. The zero-order valence-electron chi connectivity index (χ0n) is 20.9. The van der Waals surface area contributed by atoms with Crippen molar-refractivity contribution in [2.45, 2.75) is 71.0 Å². The van der Waals surface area contributed by atoms with E-state index in [0.717, 1.165) is 47.4 Å². The molecule has 1 fully saturated rings. The molecule has 1 N–H and O–H groups in total. The van der Waals surface area contributed by atoms with Crippen molar-refractivity contribution in [3.8, 4) is 0 Å². The highest BCUT2D eigenvalue weighted by molar-refractivity contribution is 7.92. The SMILES string of the molecule is CCc1ccccc1N(CC(=O)N(Cc1ccccc1)[C@H](CC)C(=O)NC1CCCC1)S(C)(=O)=O. The minimum absolute atomic E-state index is 0.133. The molecule has 0 bridgehead atoms. The molecule has 7 nitrogen and oxygen atoms in total. The van der Waals surface area contributed by atoms with Gasteiger partial charge in [-0.25, -0.2) is 8.42 Å². The predicted molar refractivity (Wildman–Crippen MR) is 139 cm³/mol. The third kappa shape index (κ3) is 7.07. The van der Waals surface area contributed by atoms with Crippen molar-refractivity contribution in [3.63, 3.8) is 0 Å². The summed E-state index contributed by atoms with van der Waals surface area (Å²) in [4.78, 5) is 28.6. The average molecular weight is 500 g/mol. The van der Waals surface area contributed by atoms with Crippen molar-refractivity contribution in [1.82, 2.24) is 10.2 Å². The van der Waals surface area contributed by atoms with Crippen molar-refractivity contribution in [2.75, 3.05) is 17.1 Å². The molecule has 0 saturated heterocycles. The Morgan fingerprint density at radius 3 is 2.23 bits per heavy atom. The van der Waals surface area contributed by atoms with Crippen LogP contribution in [0.4, 0.5) is 5.69 Å². The molecular weight excluding hydrogens is 462 g/mol. The van der Waals surface area contributed by atoms with Crippen LogP contribution >= 0.6 is 0 Å². The van der Waals surface area contributed by atoms with E-state index >= 15 is 0 Å². The Morgan fingerprint density at radius 1 is 1.00 bits per heavy atom. The van der Waals surface area contributed by atoms with E-state index in [0.29, 0.717) is 18.5 Å². The van der Waals surface area contributed by atoms with Gasteiger partial charge in [-0.1, -0.05) is 75.2 Å². The summed E-state index contributed by atoms with van der Waals surface area (Å²) in [6, 6.07) is 16.1. The third-order valence-electron chi connectivity index (χ3n) is 6.60. The fourth-order valence-electron chi connectivity index (χ4n) is 4.72. The van der Waals surface area contributed by atoms with Crippen LogP contribution in [0.1, 0.15) is 57.1 Å². The lowest BCUT2D eigenvalue weighted by atomic mass is 10.1. The van der Waals surface area contributed by atoms with Crippen LogP contribution in [0.25, 0.3) is 0 Å². The summed E-state index contributed by atoms with van der Waals surface area (Å²) in [5.74, 6) is -0.581. The van der Waals surface area contributed by atoms with Crippen LogP contribution in [0.3, 0.4) is 0 Å². The fourth-order valence-corrected chi connectivity index (χ4v) is 5.60. The first kappa shape index (κ1) is 26.7. The van der Waals surface area contributed by atoms with Gasteiger partial charge >= 0.3 is 0 Å². The standard InChI is InChI=1S/C27H37N3O4S/c1-4-22-15-9-12-18-25(22)30(35(3,33)34)20-26(31)29(19-21-13-7-6-8-14-21)24(5-2)27(32)28-23-16-10-11-17-23/h6-9,12-15,18,23-24H,4-5,10-11,16-17,19-20H2,1-3H3,(H,28,32)/t24-/m1/s1. The molecule has 2 aromatic carbocycles. The van der Waals surface area contributed by atoms with Gasteiger partial charge in [-0.15, -0.1) is 0 Å². The van der Waals surface area contributed by atoms with Crippen LogP contribution in [0.15, 0.2) is 54.6 Å². The minimum atomic E-state index is -3.74. The van der Waals surface area contributed by atoms with E-state index < -0.39 is 22.0 Å². The Morgan fingerprint density at radius 2 is 1.63 bits per heavy atom. The first-order chi connectivity index (χ1) is 16.7. The van der Waals surface area contributed by atoms with Crippen LogP contribution < -0.4 is 9.62 Å². The van der Waals surface area contributed by atoms with E-state index in [4.69, 9.17) is 0 Å². The Balaban J connectivity index is 1.92. The molecule has 3 rings (SSSR count). The summed E-state index contributed by atoms with van der Waals surface area (Å²) >= 11 is 0. The van der Waals surface area contributed by atoms with Gasteiger partial charge in [0.15, 0.2) is 0 Å². The largest absolute Gasteiger partial charge is 0.352 e. The number of aryl methyl sites for hydroxylation is 1. The number of nitrogens with one attached hydrogen (secondary N) is 1. The highest BCUT2D eigenvalue weighted by atomic mass is 32.2. The summed E-state index contributed by atoms with van der Waals surface area (Å²) in [7, 11) is -3.74. The van der Waals surface area contributed by atoms with Crippen LogP contribution in [0.2, 0.25) is 0 Å². The zero-order chi connectivity index (χ0) is 25.4. The van der Waals surface area contributed by atoms with Gasteiger partial charge in [-0.3, -0.25) is 13.9 Å². The molecule has 0 aromatic heterocycles. The first-order valence-corrected chi connectivity index (χ1v) is 14.3. The number of sulfonamides is 1. The zero-order valence-corrected chi connectivity index (χ0v) is 21.8. The lowest BCUT2D eigenvalue weighted by molar-refractivity contribution is -0.140. The van der Waals surface area contributed by atoms with Crippen molar-refractivity contribution < 1.29 is 18.0 Å². The number of hydrogen-bond donors (Lipinski definition) is 1. The molecule has 0 spiro atoms. The number of hydrogen-bond acceptors (Lipinski definition) is 4. The van der Waals surface area contributed by atoms with Crippen molar-refractivity contribution in [1.29, 1.82) is 0 Å². The normalized spacial score (nSPS) is 14.9. The van der Waals surface area contributed by atoms with Crippen LogP contribution in [-0.4, -0.2) is 50.0 Å². The van der Waals surface area contributed by atoms with Gasteiger partial charge in [0.2, 0.25) is 21.8 Å². The summed E-state index contributed by atoms with van der Waals surface area (Å²) in [6.45, 7) is 3.69. The van der Waals surface area contributed by atoms with Crippen molar-refractivity contribution >= 4 is 27.5 Å². The van der Waals surface area contributed by atoms with Crippen molar-refractivity contribution in [2.24, 2.45) is 0 Å². The molecule has 0 aliphatic heterocycles. The van der Waals surface area contributed by atoms with Crippen LogP contribution in [-0.2, 0) is 32.6 Å². The van der Waals surface area contributed by atoms with E-state index in [-0.39, 0.29) is 25.0 Å². The molecule has 2 amide bonds. The maximum atomic E-state index is 13.8. The third-order valence-corrected chi connectivity index (χ3v) is 7.73. The van der Waals surface area contributed by atoms with E-state index in [9.17, 15) is 18.0 Å². The molecule has 1 atom stereocenters. The van der Waals surface area contributed by atoms with Gasteiger partial charge in [0, 0.05) is 12.6 Å². The van der Waals surface area contributed by atoms with E-state index in [2.05, 4.69) is 5.32 Å². The molecule has 1 aliphatic carbocycles. The number of benzene rings is 2. The van der Waals surface area contributed by atoms with E-state index in [1.54, 1.807) is 12.1 Å². The summed E-state index contributed by atoms with van der Waals surface area (Å²) in [6.07, 6.45) is 6.25. The van der Waals surface area contributed by atoms with Crippen LogP contribution in [0.5, 0.6) is 0 Å². The number of anilines is 1. The lowest BCUT2D eigenvalue weighted by Gasteiger charge is -2.33. The molecule has 1 aliphatic rings. The number of nitrogens with zero attached hydrogens (tertiary/aromatic N) is 2. The summed E-state index contributed by atoms with van der Waals surface area (Å²) in [5, 5.41) is 3.12. The van der Waals surface area contributed by atoms with Gasteiger partial charge in [-0.2, -0.15) is 0 Å². The number of rotatable bonds is 11. The second-order valence-corrected chi connectivity index (χ2v) is 11.1. The second-order valence-electron chi connectivity index (χ2n) is 9.17. The minimum Gasteiger partial charge on any atom is -0.352 e. The Hall–Kier alpha value is -2.87. The molecule has 0 heterocycles. The van der Waals surface area contributed by atoms with Crippen molar-refractivity contribution in [3.05, 3.63) is 65.7 Å². The fraction of sp³-hybridized carbons (Fsp3) is 0.481. The Kier molecular flexibility index (Phi) is 9.32. The Bertz CT molecular complexity index is 1100. The molecule has 8 heteroatoms. The lowest BCUT2D eigenvalue weighted by Crippen LogP contribution is -2.53. The molecular formula is C27H37N3O4S. The van der Waals surface area contributed by atoms with Gasteiger partial charge in [0.1, 0.15) is 12.6 Å². The first-order valence-electron chi connectivity index (χ1n) is 12.4. The van der Waals surface area contributed by atoms with Gasteiger partial charge in [-0.05, 0) is 42.9 Å². The maximum absolute atomic E-state index is 13.8. The summed E-state index contributed by atoms with van der Waals surface area (Å²) < 4.78 is 26.8. The molecule has 0 unspecified atom stereocenters. The molecule has 2 aromatic rings. The average Bonchev–Trinajstić information content (AvgIpc) is 3.35. The van der Waals surface area contributed by atoms with Gasteiger partial charge < -0.3 is 10.2 Å². The smallest absolute Gasteiger partial charge is 0.244 e. The predicted octanol–water partition coefficient (Wildman–Crippen LogP) is 3.88. The number of carbonyl (C=O) groups is 2. The number of carbonyl (C=O) groups excluding carboxylic acids is 2. The quantitative estimate of drug-likeness (QED) is 0.508. The summed E-state index contributed by atoms with van der Waals surface area (Å²) in [5.41, 5.74) is 2.22. The van der Waals surface area contributed by atoms with E-state index in [1.807, 2.05) is 56.3 Å². The number of para-hydroxylation sites is 1. The highest BCUT2D eigenvalue weighted by Gasteiger charge is 2.33. The monoisotopic (exact) mass is 499 g/mol. The topological polar surface area (TPSA) is 86.8 Å². The van der Waals surface area contributed by atoms with Crippen LogP contribution in [0, 0.1) is 0 Å². The van der Waals surface area contributed by atoms with Gasteiger partial charge in [0.05, 0.1) is 11.9 Å². The van der Waals surface area contributed by atoms with E-state index in [1.165, 1.54) is 4.90 Å². The molecule has 190 valence electrons. The molecule has 0 radical (unpaired) electrons. The van der Waals surface area contributed by atoms with Gasteiger partial charge in [0.25, 0.3) is 0 Å². The Labute approximate surface area is 209 Å².